The molecule has 0 radical (unpaired) electrons. The predicted molar refractivity (Wildman–Crippen MR) is 75.4 cm³/mol. The summed E-state index contributed by atoms with van der Waals surface area (Å²) in [7, 11) is 2.18. The van der Waals surface area contributed by atoms with Crippen molar-refractivity contribution in [1.82, 2.24) is 10.2 Å². The molecule has 17 heavy (non-hydrogen) atoms. The number of nitrogens with zero attached hydrogens (tertiary/aromatic N) is 1. The van der Waals surface area contributed by atoms with Crippen LogP contribution < -0.4 is 5.32 Å². The fourth-order valence-corrected chi connectivity index (χ4v) is 2.14. The van der Waals surface area contributed by atoms with Crippen molar-refractivity contribution in [2.24, 2.45) is 0 Å². The summed E-state index contributed by atoms with van der Waals surface area (Å²) in [5, 5.41) is 13.0. The van der Waals surface area contributed by atoms with Crippen LogP contribution in [0.3, 0.4) is 0 Å². The fraction of sp³-hybridized carbons (Fsp3) is 1.00. The molecule has 0 heterocycles. The monoisotopic (exact) mass is 244 g/mol. The van der Waals surface area contributed by atoms with Crippen molar-refractivity contribution in [3.63, 3.8) is 0 Å². The maximum atomic E-state index is 9.56. The van der Waals surface area contributed by atoms with E-state index in [1.807, 2.05) is 0 Å². The Morgan fingerprint density at radius 1 is 1.24 bits per heavy atom. The minimum atomic E-state index is -0.156. The third-order valence-corrected chi connectivity index (χ3v) is 3.88. The van der Waals surface area contributed by atoms with Crippen LogP contribution in [0, 0.1) is 0 Å². The van der Waals surface area contributed by atoms with E-state index in [1.165, 1.54) is 6.42 Å². The molecule has 0 bridgehead atoms. The molecule has 3 nitrogen and oxygen atoms in total. The fourth-order valence-electron chi connectivity index (χ4n) is 2.14. The van der Waals surface area contributed by atoms with Crippen molar-refractivity contribution < 1.29 is 5.11 Å². The quantitative estimate of drug-likeness (QED) is 0.653. The minimum absolute atomic E-state index is 0.156. The van der Waals surface area contributed by atoms with Gasteiger partial charge in [-0.05, 0) is 53.6 Å². The predicted octanol–water partition coefficient (Wildman–Crippen LogP) is 2.25. The third-order valence-electron chi connectivity index (χ3n) is 3.88. The van der Waals surface area contributed by atoms with Crippen molar-refractivity contribution in [3.05, 3.63) is 0 Å². The van der Waals surface area contributed by atoms with E-state index in [9.17, 15) is 5.11 Å². The van der Waals surface area contributed by atoms with Crippen molar-refractivity contribution in [2.45, 2.75) is 71.5 Å². The van der Waals surface area contributed by atoms with Crippen LogP contribution in [0.4, 0.5) is 0 Å². The molecule has 3 atom stereocenters. The van der Waals surface area contributed by atoms with Gasteiger partial charge in [-0.25, -0.2) is 0 Å². The Balaban J connectivity index is 4.35. The van der Waals surface area contributed by atoms with Crippen LogP contribution in [0.5, 0.6) is 0 Å². The lowest BCUT2D eigenvalue weighted by atomic mass is 9.93. The Bertz CT molecular complexity index is 199. The first kappa shape index (κ1) is 16.9. The SMILES string of the molecule is CCCNC(C)(CO)CC(C)N(C)C(C)CC. The van der Waals surface area contributed by atoms with E-state index in [-0.39, 0.29) is 12.1 Å². The molecular formula is C14H32N2O. The zero-order valence-corrected chi connectivity index (χ0v) is 12.6. The van der Waals surface area contributed by atoms with E-state index in [4.69, 9.17) is 0 Å². The Hall–Kier alpha value is -0.120. The maximum Gasteiger partial charge on any atom is 0.0611 e. The Kier molecular flexibility index (Phi) is 8.01. The number of aliphatic hydroxyl groups excluding tert-OH is 1. The Morgan fingerprint density at radius 3 is 2.24 bits per heavy atom. The van der Waals surface area contributed by atoms with Gasteiger partial charge in [0.25, 0.3) is 0 Å². The van der Waals surface area contributed by atoms with Crippen molar-refractivity contribution in [2.75, 3.05) is 20.2 Å². The molecule has 0 aliphatic rings. The first-order chi connectivity index (χ1) is 7.90. The van der Waals surface area contributed by atoms with Crippen LogP contribution in [0.1, 0.15) is 53.9 Å². The molecule has 0 amide bonds. The van der Waals surface area contributed by atoms with Gasteiger partial charge in [-0.2, -0.15) is 0 Å². The van der Waals surface area contributed by atoms with Gasteiger partial charge in [0.2, 0.25) is 0 Å². The van der Waals surface area contributed by atoms with E-state index >= 15 is 0 Å². The summed E-state index contributed by atoms with van der Waals surface area (Å²) in [6.45, 7) is 12.2. The molecular weight excluding hydrogens is 212 g/mol. The van der Waals surface area contributed by atoms with Crippen LogP contribution >= 0.6 is 0 Å². The van der Waals surface area contributed by atoms with Crippen LogP contribution in [-0.4, -0.2) is 47.8 Å². The van der Waals surface area contributed by atoms with Gasteiger partial charge in [-0.1, -0.05) is 13.8 Å². The van der Waals surface area contributed by atoms with E-state index in [0.29, 0.717) is 12.1 Å². The van der Waals surface area contributed by atoms with Gasteiger partial charge in [-0.15, -0.1) is 0 Å². The number of aliphatic hydroxyl groups is 1. The molecule has 0 aromatic carbocycles. The van der Waals surface area contributed by atoms with Crippen molar-refractivity contribution in [3.8, 4) is 0 Å². The van der Waals surface area contributed by atoms with E-state index in [0.717, 1.165) is 19.4 Å². The van der Waals surface area contributed by atoms with Crippen molar-refractivity contribution >= 4 is 0 Å². The topological polar surface area (TPSA) is 35.5 Å². The first-order valence-electron chi connectivity index (χ1n) is 6.98. The molecule has 0 aliphatic heterocycles. The molecule has 0 saturated carbocycles. The lowest BCUT2D eigenvalue weighted by molar-refractivity contribution is 0.109. The lowest BCUT2D eigenvalue weighted by Crippen LogP contribution is -2.51. The highest BCUT2D eigenvalue weighted by atomic mass is 16.3. The van der Waals surface area contributed by atoms with Crippen LogP contribution in [0.25, 0.3) is 0 Å². The van der Waals surface area contributed by atoms with Crippen LogP contribution in [0.15, 0.2) is 0 Å². The van der Waals surface area contributed by atoms with E-state index < -0.39 is 0 Å². The van der Waals surface area contributed by atoms with Crippen LogP contribution in [0.2, 0.25) is 0 Å². The Morgan fingerprint density at radius 2 is 1.82 bits per heavy atom. The second-order valence-corrected chi connectivity index (χ2v) is 5.62. The summed E-state index contributed by atoms with van der Waals surface area (Å²) in [5.41, 5.74) is -0.156. The molecule has 0 aromatic heterocycles. The first-order valence-corrected chi connectivity index (χ1v) is 6.98. The highest BCUT2D eigenvalue weighted by Gasteiger charge is 2.27. The molecule has 3 unspecified atom stereocenters. The number of hydrogen-bond acceptors (Lipinski definition) is 3. The highest BCUT2D eigenvalue weighted by molar-refractivity contribution is 4.87. The molecule has 0 aliphatic carbocycles. The molecule has 0 saturated heterocycles. The summed E-state index contributed by atoms with van der Waals surface area (Å²) >= 11 is 0. The minimum Gasteiger partial charge on any atom is -0.394 e. The number of nitrogens with one attached hydrogen (secondary N) is 1. The van der Waals surface area contributed by atoms with Gasteiger partial charge in [0.1, 0.15) is 0 Å². The lowest BCUT2D eigenvalue weighted by Gasteiger charge is -2.37. The van der Waals surface area contributed by atoms with Gasteiger partial charge < -0.3 is 15.3 Å². The molecule has 104 valence electrons. The van der Waals surface area contributed by atoms with Gasteiger partial charge in [0.15, 0.2) is 0 Å². The second kappa shape index (κ2) is 8.06. The van der Waals surface area contributed by atoms with Crippen molar-refractivity contribution in [1.29, 1.82) is 0 Å². The third kappa shape index (κ3) is 5.84. The van der Waals surface area contributed by atoms with Gasteiger partial charge in [0.05, 0.1) is 6.61 Å². The normalized spacial score (nSPS) is 19.1. The molecule has 0 rings (SSSR count). The number of rotatable bonds is 9. The molecule has 0 aromatic rings. The molecule has 3 heteroatoms. The summed E-state index contributed by atoms with van der Waals surface area (Å²) in [6, 6.07) is 1.07. The average molecular weight is 244 g/mol. The zero-order valence-electron chi connectivity index (χ0n) is 12.6. The smallest absolute Gasteiger partial charge is 0.0611 e. The standard InChI is InChI=1S/C14H32N2O/c1-7-9-15-14(5,11-17)10-13(4)16(6)12(3)8-2/h12-13,15,17H,7-11H2,1-6H3. The highest BCUT2D eigenvalue weighted by Crippen LogP contribution is 2.17. The van der Waals surface area contributed by atoms with Gasteiger partial charge in [0, 0.05) is 17.6 Å². The molecule has 2 N–H and O–H groups in total. The largest absolute Gasteiger partial charge is 0.394 e. The average Bonchev–Trinajstić information content (AvgIpc) is 2.34. The zero-order chi connectivity index (χ0) is 13.5. The summed E-state index contributed by atoms with van der Waals surface area (Å²) < 4.78 is 0. The van der Waals surface area contributed by atoms with E-state index in [2.05, 4.69) is 51.9 Å². The summed E-state index contributed by atoms with van der Waals surface area (Å²) in [6.07, 6.45) is 3.24. The maximum absolute atomic E-state index is 9.56. The van der Waals surface area contributed by atoms with E-state index in [1.54, 1.807) is 0 Å². The van der Waals surface area contributed by atoms with Gasteiger partial charge >= 0.3 is 0 Å². The number of hydrogen-bond donors (Lipinski definition) is 2. The second-order valence-electron chi connectivity index (χ2n) is 5.62. The van der Waals surface area contributed by atoms with Gasteiger partial charge in [-0.3, -0.25) is 0 Å². The van der Waals surface area contributed by atoms with Crippen LogP contribution in [-0.2, 0) is 0 Å². The molecule has 0 spiro atoms. The summed E-state index contributed by atoms with van der Waals surface area (Å²) in [5.74, 6) is 0. The Labute approximate surface area is 108 Å². The summed E-state index contributed by atoms with van der Waals surface area (Å²) in [4.78, 5) is 2.40. The molecule has 0 fully saturated rings.